The first-order valence-corrected chi connectivity index (χ1v) is 11.4. The fourth-order valence-corrected chi connectivity index (χ4v) is 4.53. The molecule has 1 N–H and O–H groups in total. The van der Waals surface area contributed by atoms with Crippen LogP contribution < -0.4 is 14.4 Å². The number of sulfonamides is 1. The van der Waals surface area contributed by atoms with Crippen LogP contribution in [0.25, 0.3) is 10.8 Å². The number of hydrogen-bond acceptors (Lipinski definition) is 4. The normalized spacial score (nSPS) is 11.2. The van der Waals surface area contributed by atoms with Crippen LogP contribution in [0.2, 0.25) is 0 Å². The second kappa shape index (κ2) is 9.11. The van der Waals surface area contributed by atoms with Crippen molar-refractivity contribution in [3.63, 3.8) is 0 Å². The van der Waals surface area contributed by atoms with Gasteiger partial charge in [-0.3, -0.25) is 9.10 Å². The highest BCUT2D eigenvalue weighted by Gasteiger charge is 2.20. The Hall–Kier alpha value is -3.84. The zero-order valence-corrected chi connectivity index (χ0v) is 18.2. The van der Waals surface area contributed by atoms with Gasteiger partial charge in [-0.2, -0.15) is 0 Å². The molecule has 162 valence electrons. The predicted molar refractivity (Wildman–Crippen MR) is 127 cm³/mol. The second-order valence-corrected chi connectivity index (χ2v) is 9.11. The van der Waals surface area contributed by atoms with Crippen LogP contribution in [0.4, 0.5) is 11.4 Å². The number of anilines is 2. The monoisotopic (exact) mass is 446 g/mol. The lowest BCUT2D eigenvalue weighted by Gasteiger charge is -2.19. The van der Waals surface area contributed by atoms with E-state index in [2.05, 4.69) is 5.32 Å². The summed E-state index contributed by atoms with van der Waals surface area (Å²) in [6.07, 6.45) is 0. The highest BCUT2D eigenvalue weighted by atomic mass is 32.2. The number of nitrogens with zero attached hydrogens (tertiary/aromatic N) is 1. The first kappa shape index (κ1) is 21.4. The van der Waals surface area contributed by atoms with Gasteiger partial charge < -0.3 is 10.1 Å². The van der Waals surface area contributed by atoms with E-state index >= 15 is 0 Å². The molecular formula is C25H22N2O4S. The molecule has 4 rings (SSSR count). The summed E-state index contributed by atoms with van der Waals surface area (Å²) in [5, 5.41) is 4.86. The summed E-state index contributed by atoms with van der Waals surface area (Å²) in [4.78, 5) is 12.6. The van der Waals surface area contributed by atoms with E-state index in [0.29, 0.717) is 11.4 Å². The molecule has 0 unspecified atom stereocenters. The number of hydrogen-bond donors (Lipinski definition) is 1. The van der Waals surface area contributed by atoms with Crippen molar-refractivity contribution >= 4 is 38.1 Å². The van der Waals surface area contributed by atoms with E-state index in [0.717, 1.165) is 16.5 Å². The second-order valence-electron chi connectivity index (χ2n) is 7.14. The average molecular weight is 447 g/mol. The molecule has 32 heavy (non-hydrogen) atoms. The minimum absolute atomic E-state index is 0.166. The Morgan fingerprint density at radius 2 is 1.50 bits per heavy atom. The fraction of sp³-hybridized carbons (Fsp3) is 0.0800. The van der Waals surface area contributed by atoms with Crippen molar-refractivity contribution in [1.82, 2.24) is 0 Å². The summed E-state index contributed by atoms with van der Waals surface area (Å²) in [5.74, 6) is 0.182. The van der Waals surface area contributed by atoms with Gasteiger partial charge in [-0.1, -0.05) is 54.6 Å². The van der Waals surface area contributed by atoms with E-state index in [9.17, 15) is 13.2 Å². The van der Waals surface area contributed by atoms with E-state index in [1.807, 2.05) is 42.5 Å². The topological polar surface area (TPSA) is 75.7 Å². The van der Waals surface area contributed by atoms with Gasteiger partial charge in [0.05, 0.1) is 10.6 Å². The number of ether oxygens (including phenoxy) is 1. The SMILES string of the molecule is CN(c1ccc(OCC(=O)Nc2cccc3ccccc23)cc1)S(=O)(=O)c1ccccc1. The molecule has 0 aliphatic carbocycles. The molecule has 7 heteroatoms. The minimum atomic E-state index is -3.65. The first-order chi connectivity index (χ1) is 15.4. The van der Waals surface area contributed by atoms with Crippen molar-refractivity contribution in [3.05, 3.63) is 97.1 Å². The molecule has 4 aromatic carbocycles. The summed E-state index contributed by atoms with van der Waals surface area (Å²) in [5.41, 5.74) is 1.21. The summed E-state index contributed by atoms with van der Waals surface area (Å²) < 4.78 is 32.3. The summed E-state index contributed by atoms with van der Waals surface area (Å²) in [6.45, 7) is -0.166. The third kappa shape index (κ3) is 4.58. The van der Waals surface area contributed by atoms with Gasteiger partial charge in [-0.25, -0.2) is 8.42 Å². The number of carbonyl (C=O) groups excluding carboxylic acids is 1. The number of amides is 1. The number of benzene rings is 4. The minimum Gasteiger partial charge on any atom is -0.484 e. The molecule has 0 saturated carbocycles. The van der Waals surface area contributed by atoms with Crippen LogP contribution in [0.5, 0.6) is 5.75 Å². The smallest absolute Gasteiger partial charge is 0.264 e. The molecule has 1 amide bonds. The lowest BCUT2D eigenvalue weighted by Crippen LogP contribution is -2.26. The van der Waals surface area contributed by atoms with E-state index < -0.39 is 10.0 Å². The van der Waals surface area contributed by atoms with E-state index in [-0.39, 0.29) is 17.4 Å². The van der Waals surface area contributed by atoms with Gasteiger partial charge in [-0.05, 0) is 47.9 Å². The lowest BCUT2D eigenvalue weighted by atomic mass is 10.1. The molecule has 0 bridgehead atoms. The Morgan fingerprint density at radius 1 is 0.844 bits per heavy atom. The molecule has 0 fully saturated rings. The van der Waals surface area contributed by atoms with Gasteiger partial charge in [-0.15, -0.1) is 0 Å². The molecule has 4 aromatic rings. The Labute approximate surface area is 187 Å². The standard InChI is InChI=1S/C25H22N2O4S/c1-27(32(29,30)22-10-3-2-4-11-22)20-14-16-21(17-15-20)31-18-25(28)26-24-13-7-9-19-8-5-6-12-23(19)24/h2-17H,18H2,1H3,(H,26,28). The van der Waals surface area contributed by atoms with Crippen LogP contribution in [0.15, 0.2) is 102 Å². The lowest BCUT2D eigenvalue weighted by molar-refractivity contribution is -0.118. The van der Waals surface area contributed by atoms with E-state index in [4.69, 9.17) is 4.74 Å². The average Bonchev–Trinajstić information content (AvgIpc) is 2.83. The van der Waals surface area contributed by atoms with Crippen molar-refractivity contribution in [2.75, 3.05) is 23.3 Å². The number of rotatable bonds is 7. The maximum atomic E-state index is 12.7. The highest BCUT2D eigenvalue weighted by molar-refractivity contribution is 7.92. The van der Waals surface area contributed by atoms with Crippen LogP contribution in [-0.2, 0) is 14.8 Å². The largest absolute Gasteiger partial charge is 0.484 e. The van der Waals surface area contributed by atoms with Gasteiger partial charge in [0.15, 0.2) is 6.61 Å². The Morgan fingerprint density at radius 3 is 2.25 bits per heavy atom. The number of carbonyl (C=O) groups is 1. The quantitative estimate of drug-likeness (QED) is 0.447. The van der Waals surface area contributed by atoms with Gasteiger partial charge in [0.2, 0.25) is 0 Å². The molecule has 0 saturated heterocycles. The van der Waals surface area contributed by atoms with Crippen molar-refractivity contribution in [3.8, 4) is 5.75 Å². The van der Waals surface area contributed by atoms with Crippen LogP contribution in [0, 0.1) is 0 Å². The molecule has 0 spiro atoms. The number of nitrogens with one attached hydrogen (secondary N) is 1. The van der Waals surface area contributed by atoms with Crippen molar-refractivity contribution in [2.24, 2.45) is 0 Å². The zero-order valence-electron chi connectivity index (χ0n) is 17.4. The van der Waals surface area contributed by atoms with Crippen molar-refractivity contribution in [2.45, 2.75) is 4.90 Å². The van der Waals surface area contributed by atoms with Crippen molar-refractivity contribution < 1.29 is 17.9 Å². The number of fused-ring (bicyclic) bond motifs is 1. The van der Waals surface area contributed by atoms with Crippen LogP contribution in [0.1, 0.15) is 0 Å². The van der Waals surface area contributed by atoms with E-state index in [1.165, 1.54) is 11.4 Å². The summed E-state index contributed by atoms with van der Waals surface area (Å²) in [6, 6.07) is 28.3. The third-order valence-corrected chi connectivity index (χ3v) is 6.84. The van der Waals surface area contributed by atoms with Gasteiger partial charge in [0.25, 0.3) is 15.9 Å². The summed E-state index contributed by atoms with van der Waals surface area (Å²) in [7, 11) is -2.16. The Kier molecular flexibility index (Phi) is 6.09. The molecule has 0 aliphatic rings. The molecule has 0 aromatic heterocycles. The predicted octanol–water partition coefficient (Wildman–Crippen LogP) is 4.68. The van der Waals surface area contributed by atoms with Crippen LogP contribution in [0.3, 0.4) is 0 Å². The third-order valence-electron chi connectivity index (χ3n) is 5.04. The zero-order chi connectivity index (χ0) is 22.6. The molecule has 0 radical (unpaired) electrons. The molecule has 0 atom stereocenters. The molecule has 0 aliphatic heterocycles. The van der Waals surface area contributed by atoms with E-state index in [1.54, 1.807) is 54.6 Å². The maximum absolute atomic E-state index is 12.7. The highest BCUT2D eigenvalue weighted by Crippen LogP contribution is 2.25. The van der Waals surface area contributed by atoms with Crippen LogP contribution in [-0.4, -0.2) is 28.0 Å². The van der Waals surface area contributed by atoms with Gasteiger partial charge in [0.1, 0.15) is 5.75 Å². The Bertz CT molecular complexity index is 1330. The molecule has 6 nitrogen and oxygen atoms in total. The fourth-order valence-electron chi connectivity index (χ4n) is 3.31. The Balaban J connectivity index is 1.39. The first-order valence-electron chi connectivity index (χ1n) is 9.99. The van der Waals surface area contributed by atoms with Crippen LogP contribution >= 0.6 is 0 Å². The molecule has 0 heterocycles. The summed E-state index contributed by atoms with van der Waals surface area (Å²) >= 11 is 0. The maximum Gasteiger partial charge on any atom is 0.264 e. The van der Waals surface area contributed by atoms with Gasteiger partial charge in [0, 0.05) is 18.1 Å². The van der Waals surface area contributed by atoms with Gasteiger partial charge >= 0.3 is 0 Å². The molecular weight excluding hydrogens is 424 g/mol. The van der Waals surface area contributed by atoms with Crippen molar-refractivity contribution in [1.29, 1.82) is 0 Å².